The van der Waals surface area contributed by atoms with Crippen LogP contribution in [0.4, 0.5) is 4.79 Å². The lowest BCUT2D eigenvalue weighted by Gasteiger charge is -2.13. The Labute approximate surface area is 136 Å². The van der Waals surface area contributed by atoms with Crippen LogP contribution < -0.4 is 22.1 Å². The highest BCUT2D eigenvalue weighted by atomic mass is 35.5. The zero-order valence-corrected chi connectivity index (χ0v) is 13.3. The summed E-state index contributed by atoms with van der Waals surface area (Å²) in [6.45, 7) is 0.202. The number of nitrogens with two attached hydrogens (primary N) is 2. The van der Waals surface area contributed by atoms with Crippen molar-refractivity contribution in [3.8, 4) is 0 Å². The summed E-state index contributed by atoms with van der Waals surface area (Å²) in [6, 6.07) is -0.580. The SMILES string of the molecule is Cl.NCCCC[C@H](N)C(=O)NCCNC(=O)OC[C@H](O)CO. The minimum atomic E-state index is -1.10. The molecular formula is C12H27ClN4O5. The summed E-state index contributed by atoms with van der Waals surface area (Å²) in [5, 5.41) is 22.5. The summed E-state index contributed by atoms with van der Waals surface area (Å²) < 4.78 is 4.61. The van der Waals surface area contributed by atoms with Gasteiger partial charge in [0.15, 0.2) is 0 Å². The molecule has 0 radical (unpaired) electrons. The summed E-state index contributed by atoms with van der Waals surface area (Å²) in [4.78, 5) is 22.7. The molecular weight excluding hydrogens is 316 g/mol. The molecule has 10 heteroatoms. The number of amides is 2. The first-order valence-electron chi connectivity index (χ1n) is 6.94. The van der Waals surface area contributed by atoms with Crippen molar-refractivity contribution >= 4 is 24.4 Å². The van der Waals surface area contributed by atoms with E-state index in [9.17, 15) is 9.59 Å². The van der Waals surface area contributed by atoms with Gasteiger partial charge in [0.2, 0.25) is 5.91 Å². The summed E-state index contributed by atoms with van der Waals surface area (Å²) in [5.74, 6) is -0.280. The maximum Gasteiger partial charge on any atom is 0.407 e. The third-order valence-electron chi connectivity index (χ3n) is 2.62. The van der Waals surface area contributed by atoms with Crippen LogP contribution in [0.5, 0.6) is 0 Å². The van der Waals surface area contributed by atoms with E-state index in [0.29, 0.717) is 13.0 Å². The van der Waals surface area contributed by atoms with Gasteiger partial charge < -0.3 is 37.1 Å². The number of aliphatic hydroxyl groups excluding tert-OH is 2. The van der Waals surface area contributed by atoms with Crippen LogP contribution in [0.25, 0.3) is 0 Å². The Bertz CT molecular complexity index is 309. The zero-order valence-electron chi connectivity index (χ0n) is 12.5. The maximum atomic E-state index is 11.6. The van der Waals surface area contributed by atoms with Crippen LogP contribution >= 0.6 is 12.4 Å². The molecule has 0 bridgehead atoms. The van der Waals surface area contributed by atoms with Gasteiger partial charge >= 0.3 is 6.09 Å². The Morgan fingerprint density at radius 2 is 1.82 bits per heavy atom. The monoisotopic (exact) mass is 342 g/mol. The highest BCUT2D eigenvalue weighted by Crippen LogP contribution is 1.97. The lowest BCUT2D eigenvalue weighted by Crippen LogP contribution is -2.43. The fourth-order valence-electron chi connectivity index (χ4n) is 1.40. The normalized spacial score (nSPS) is 12.7. The molecule has 0 unspecified atom stereocenters. The van der Waals surface area contributed by atoms with Crippen LogP contribution in [0.3, 0.4) is 0 Å². The largest absolute Gasteiger partial charge is 0.447 e. The number of unbranched alkanes of at least 4 members (excludes halogenated alkanes) is 1. The number of hydrogen-bond donors (Lipinski definition) is 6. The predicted molar refractivity (Wildman–Crippen MR) is 83.6 cm³/mol. The van der Waals surface area contributed by atoms with Crippen molar-refractivity contribution in [3.05, 3.63) is 0 Å². The highest BCUT2D eigenvalue weighted by Gasteiger charge is 2.12. The Balaban J connectivity index is 0. The number of carbonyl (C=O) groups excluding carboxylic acids is 2. The number of ether oxygens (including phenoxy) is 1. The van der Waals surface area contributed by atoms with E-state index in [1.165, 1.54) is 0 Å². The van der Waals surface area contributed by atoms with E-state index < -0.39 is 24.8 Å². The molecule has 0 aliphatic heterocycles. The second-order valence-electron chi connectivity index (χ2n) is 4.54. The molecule has 0 saturated carbocycles. The van der Waals surface area contributed by atoms with E-state index in [-0.39, 0.29) is 38.0 Å². The smallest absolute Gasteiger partial charge is 0.407 e. The van der Waals surface area contributed by atoms with Crippen molar-refractivity contribution in [2.24, 2.45) is 11.5 Å². The summed E-state index contributed by atoms with van der Waals surface area (Å²) in [6.07, 6.45) is 0.361. The molecule has 9 nitrogen and oxygen atoms in total. The average molecular weight is 343 g/mol. The summed E-state index contributed by atoms with van der Waals surface area (Å²) in [7, 11) is 0. The Morgan fingerprint density at radius 3 is 2.41 bits per heavy atom. The van der Waals surface area contributed by atoms with Crippen LogP contribution in [0.2, 0.25) is 0 Å². The molecule has 2 amide bonds. The van der Waals surface area contributed by atoms with Crippen molar-refractivity contribution in [1.82, 2.24) is 10.6 Å². The second-order valence-corrected chi connectivity index (χ2v) is 4.54. The van der Waals surface area contributed by atoms with Gasteiger partial charge in [0.25, 0.3) is 0 Å². The van der Waals surface area contributed by atoms with Crippen LogP contribution in [-0.2, 0) is 9.53 Å². The zero-order chi connectivity index (χ0) is 16.1. The van der Waals surface area contributed by atoms with Gasteiger partial charge in [-0.25, -0.2) is 4.79 Å². The minimum absolute atomic E-state index is 0. The van der Waals surface area contributed by atoms with Gasteiger partial charge in [0.1, 0.15) is 12.7 Å². The molecule has 0 aliphatic rings. The van der Waals surface area contributed by atoms with Crippen LogP contribution in [-0.4, -0.2) is 67.2 Å². The molecule has 2 atom stereocenters. The molecule has 8 N–H and O–H groups in total. The van der Waals surface area contributed by atoms with Crippen molar-refractivity contribution < 1.29 is 24.5 Å². The van der Waals surface area contributed by atoms with Gasteiger partial charge in [-0.15, -0.1) is 12.4 Å². The fourth-order valence-corrected chi connectivity index (χ4v) is 1.40. The molecule has 22 heavy (non-hydrogen) atoms. The first-order valence-corrected chi connectivity index (χ1v) is 6.94. The van der Waals surface area contributed by atoms with E-state index in [1.54, 1.807) is 0 Å². The van der Waals surface area contributed by atoms with Gasteiger partial charge in [-0.2, -0.15) is 0 Å². The first-order chi connectivity index (χ1) is 10.0. The molecule has 0 aliphatic carbocycles. The Kier molecular flexibility index (Phi) is 15.6. The topological polar surface area (TPSA) is 160 Å². The molecule has 132 valence electrons. The third-order valence-corrected chi connectivity index (χ3v) is 2.62. The molecule has 0 fully saturated rings. The van der Waals surface area contributed by atoms with Gasteiger partial charge in [0.05, 0.1) is 12.6 Å². The standard InChI is InChI=1S/C12H26N4O5.ClH/c13-4-2-1-3-10(14)11(19)15-5-6-16-12(20)21-8-9(18)7-17;/h9-10,17-18H,1-8,13-14H2,(H,15,19)(H,16,20);1H/t9-,10+;/m1./s1. The molecule has 0 heterocycles. The lowest BCUT2D eigenvalue weighted by molar-refractivity contribution is -0.122. The van der Waals surface area contributed by atoms with Crippen molar-refractivity contribution in [3.63, 3.8) is 0 Å². The van der Waals surface area contributed by atoms with Gasteiger partial charge in [-0.05, 0) is 19.4 Å². The van der Waals surface area contributed by atoms with E-state index in [1.807, 2.05) is 0 Å². The number of carbonyl (C=O) groups is 2. The number of halogens is 1. The number of aliphatic hydroxyl groups is 2. The van der Waals surface area contributed by atoms with E-state index in [2.05, 4.69) is 15.4 Å². The second kappa shape index (κ2) is 14.8. The van der Waals surface area contributed by atoms with E-state index in [0.717, 1.165) is 12.8 Å². The maximum absolute atomic E-state index is 11.6. The van der Waals surface area contributed by atoms with Crippen LogP contribution in [0.1, 0.15) is 19.3 Å². The Hall–Kier alpha value is -1.13. The third kappa shape index (κ3) is 12.6. The summed E-state index contributed by atoms with van der Waals surface area (Å²) in [5.41, 5.74) is 11.0. The first kappa shape index (κ1) is 23.1. The molecule has 0 spiro atoms. The molecule has 0 aromatic carbocycles. The number of hydrogen-bond acceptors (Lipinski definition) is 7. The lowest BCUT2D eigenvalue weighted by atomic mass is 10.1. The molecule has 0 saturated heterocycles. The van der Waals surface area contributed by atoms with Gasteiger partial charge in [-0.1, -0.05) is 6.42 Å². The highest BCUT2D eigenvalue weighted by molar-refractivity contribution is 5.85. The number of nitrogens with one attached hydrogen (secondary N) is 2. The number of alkyl carbamates (subject to hydrolysis) is 1. The minimum Gasteiger partial charge on any atom is -0.447 e. The Morgan fingerprint density at radius 1 is 1.18 bits per heavy atom. The van der Waals surface area contributed by atoms with Gasteiger partial charge in [-0.3, -0.25) is 4.79 Å². The molecule has 0 rings (SSSR count). The van der Waals surface area contributed by atoms with Crippen molar-refractivity contribution in [1.29, 1.82) is 0 Å². The number of rotatable bonds is 11. The molecule has 0 aromatic rings. The van der Waals surface area contributed by atoms with Crippen molar-refractivity contribution in [2.45, 2.75) is 31.4 Å². The van der Waals surface area contributed by atoms with Gasteiger partial charge in [0, 0.05) is 13.1 Å². The quantitative estimate of drug-likeness (QED) is 0.238. The predicted octanol–water partition coefficient (Wildman–Crippen LogP) is -1.94. The average Bonchev–Trinajstić information content (AvgIpc) is 2.48. The van der Waals surface area contributed by atoms with Crippen molar-refractivity contribution in [2.75, 3.05) is 32.8 Å². The summed E-state index contributed by atoms with van der Waals surface area (Å²) >= 11 is 0. The molecule has 0 aromatic heterocycles. The van der Waals surface area contributed by atoms with E-state index >= 15 is 0 Å². The van der Waals surface area contributed by atoms with E-state index in [4.69, 9.17) is 21.7 Å². The van der Waals surface area contributed by atoms with Crippen LogP contribution in [0, 0.1) is 0 Å². The van der Waals surface area contributed by atoms with Crippen LogP contribution in [0.15, 0.2) is 0 Å². The fraction of sp³-hybridized carbons (Fsp3) is 0.833.